The molecule has 0 amide bonds. The molecule has 1 aromatic heterocycles. The average Bonchev–Trinajstić information content (AvgIpc) is 2.71. The van der Waals surface area contributed by atoms with Crippen molar-refractivity contribution in [3.05, 3.63) is 18.0 Å². The largest absolute Gasteiger partial charge is 0.357 e. The predicted molar refractivity (Wildman–Crippen MR) is 52.8 cm³/mol. The number of hydrogen-bond acceptors (Lipinski definition) is 3. The van der Waals surface area contributed by atoms with E-state index in [0.717, 1.165) is 5.95 Å². The quantitative estimate of drug-likeness (QED) is 0.752. The molecule has 3 nitrogen and oxygen atoms in total. The molecular formula is C10H15N3. The molecule has 0 unspecified atom stereocenters. The minimum atomic E-state index is 0.676. The molecule has 1 heterocycles. The van der Waals surface area contributed by atoms with Crippen LogP contribution in [-0.2, 0) is 0 Å². The smallest absolute Gasteiger partial charge is 0.222 e. The maximum atomic E-state index is 4.45. The van der Waals surface area contributed by atoms with Crippen LogP contribution in [0.2, 0.25) is 0 Å². The molecule has 0 aliphatic heterocycles. The predicted octanol–water partition coefficient (Wildman–Crippen LogP) is 2.18. The van der Waals surface area contributed by atoms with Crippen LogP contribution in [-0.4, -0.2) is 17.0 Å². The van der Waals surface area contributed by atoms with E-state index >= 15 is 0 Å². The normalized spacial score (nSPS) is 17.6. The van der Waals surface area contributed by atoms with E-state index in [9.17, 15) is 0 Å². The van der Waals surface area contributed by atoms with Crippen LogP contribution in [0.15, 0.2) is 12.3 Å². The highest BCUT2D eigenvalue weighted by Gasteiger charge is 2.18. The summed E-state index contributed by atoms with van der Waals surface area (Å²) in [6.45, 7) is 0. The molecule has 2 rings (SSSR count). The molecule has 1 fully saturated rings. The molecular weight excluding hydrogens is 162 g/mol. The van der Waals surface area contributed by atoms with E-state index in [-0.39, 0.29) is 0 Å². The van der Waals surface area contributed by atoms with Crippen molar-refractivity contribution in [1.82, 2.24) is 9.97 Å². The zero-order valence-electron chi connectivity index (χ0n) is 7.95. The fourth-order valence-electron chi connectivity index (χ4n) is 1.94. The summed E-state index contributed by atoms with van der Waals surface area (Å²) in [6.07, 6.45) is 7.12. The van der Waals surface area contributed by atoms with E-state index in [2.05, 4.69) is 15.3 Å². The van der Waals surface area contributed by atoms with Crippen LogP contribution in [0.25, 0.3) is 0 Å². The Morgan fingerprint density at radius 1 is 1.38 bits per heavy atom. The highest BCUT2D eigenvalue weighted by molar-refractivity contribution is 5.25. The second-order valence-corrected chi connectivity index (χ2v) is 3.54. The molecule has 0 radical (unpaired) electrons. The fraction of sp³-hybridized carbons (Fsp3) is 0.600. The standard InChI is InChI=1S/C10H15N3/c1-11-10-12-7-6-9(13-10)8-4-2-3-5-8/h6-8H,2-5H2,1H3,(H,11,12,13). The number of nitrogens with zero attached hydrogens (tertiary/aromatic N) is 2. The second-order valence-electron chi connectivity index (χ2n) is 3.54. The van der Waals surface area contributed by atoms with Gasteiger partial charge < -0.3 is 5.32 Å². The summed E-state index contributed by atoms with van der Waals surface area (Å²) in [5.41, 5.74) is 1.21. The van der Waals surface area contributed by atoms with Crippen molar-refractivity contribution in [2.24, 2.45) is 0 Å². The van der Waals surface area contributed by atoms with E-state index in [4.69, 9.17) is 0 Å². The second kappa shape index (κ2) is 3.73. The first-order valence-corrected chi connectivity index (χ1v) is 4.91. The summed E-state index contributed by atoms with van der Waals surface area (Å²) < 4.78 is 0. The van der Waals surface area contributed by atoms with Gasteiger partial charge in [-0.15, -0.1) is 0 Å². The third-order valence-corrected chi connectivity index (χ3v) is 2.67. The molecule has 1 aliphatic rings. The summed E-state index contributed by atoms with van der Waals surface area (Å²) >= 11 is 0. The van der Waals surface area contributed by atoms with Crippen LogP contribution in [0.3, 0.4) is 0 Å². The van der Waals surface area contributed by atoms with Crippen LogP contribution >= 0.6 is 0 Å². The lowest BCUT2D eigenvalue weighted by atomic mass is 10.0. The molecule has 0 bridgehead atoms. The minimum absolute atomic E-state index is 0.676. The van der Waals surface area contributed by atoms with E-state index < -0.39 is 0 Å². The Kier molecular flexibility index (Phi) is 2.43. The van der Waals surface area contributed by atoms with Gasteiger partial charge in [0.05, 0.1) is 0 Å². The molecule has 1 aliphatic carbocycles. The first-order chi connectivity index (χ1) is 6.40. The molecule has 1 N–H and O–H groups in total. The fourth-order valence-corrected chi connectivity index (χ4v) is 1.94. The Labute approximate surface area is 78.6 Å². The molecule has 70 valence electrons. The number of aromatic nitrogens is 2. The van der Waals surface area contributed by atoms with Gasteiger partial charge in [-0.2, -0.15) is 0 Å². The Morgan fingerprint density at radius 2 is 2.15 bits per heavy atom. The Morgan fingerprint density at radius 3 is 2.85 bits per heavy atom. The van der Waals surface area contributed by atoms with Gasteiger partial charge in [-0.1, -0.05) is 12.8 Å². The summed E-state index contributed by atoms with van der Waals surface area (Å²) in [7, 11) is 1.85. The highest BCUT2D eigenvalue weighted by Crippen LogP contribution is 2.32. The van der Waals surface area contributed by atoms with Crippen molar-refractivity contribution in [2.45, 2.75) is 31.6 Å². The molecule has 0 aromatic carbocycles. The summed E-state index contributed by atoms with van der Waals surface area (Å²) in [4.78, 5) is 8.56. The number of nitrogens with one attached hydrogen (secondary N) is 1. The molecule has 3 heteroatoms. The molecule has 1 aromatic rings. The van der Waals surface area contributed by atoms with Gasteiger partial charge >= 0.3 is 0 Å². The van der Waals surface area contributed by atoms with Crippen LogP contribution in [0.5, 0.6) is 0 Å². The maximum absolute atomic E-state index is 4.45. The number of anilines is 1. The van der Waals surface area contributed by atoms with E-state index in [1.165, 1.54) is 31.4 Å². The average molecular weight is 177 g/mol. The SMILES string of the molecule is CNc1nccc(C2CCCC2)n1. The maximum Gasteiger partial charge on any atom is 0.222 e. The topological polar surface area (TPSA) is 37.8 Å². The first-order valence-electron chi connectivity index (χ1n) is 4.91. The number of hydrogen-bond donors (Lipinski definition) is 1. The van der Waals surface area contributed by atoms with E-state index in [1.807, 2.05) is 19.3 Å². The van der Waals surface area contributed by atoms with Gasteiger partial charge in [0.15, 0.2) is 0 Å². The molecule has 13 heavy (non-hydrogen) atoms. The number of rotatable bonds is 2. The van der Waals surface area contributed by atoms with Crippen molar-refractivity contribution < 1.29 is 0 Å². The van der Waals surface area contributed by atoms with Crippen molar-refractivity contribution in [3.63, 3.8) is 0 Å². The molecule has 0 saturated heterocycles. The minimum Gasteiger partial charge on any atom is -0.357 e. The van der Waals surface area contributed by atoms with Gasteiger partial charge in [-0.25, -0.2) is 9.97 Å². The van der Waals surface area contributed by atoms with Crippen LogP contribution < -0.4 is 5.32 Å². The summed E-state index contributed by atoms with van der Waals surface area (Å²) in [5, 5.41) is 2.97. The summed E-state index contributed by atoms with van der Waals surface area (Å²) in [5.74, 6) is 1.42. The van der Waals surface area contributed by atoms with Gasteiger partial charge in [0.25, 0.3) is 0 Å². The molecule has 0 atom stereocenters. The van der Waals surface area contributed by atoms with E-state index in [0.29, 0.717) is 5.92 Å². The monoisotopic (exact) mass is 177 g/mol. The van der Waals surface area contributed by atoms with Gasteiger partial charge in [0.2, 0.25) is 5.95 Å². The van der Waals surface area contributed by atoms with Crippen molar-refractivity contribution in [1.29, 1.82) is 0 Å². The van der Waals surface area contributed by atoms with Gasteiger partial charge in [0.1, 0.15) is 0 Å². The third-order valence-electron chi connectivity index (χ3n) is 2.67. The van der Waals surface area contributed by atoms with Crippen molar-refractivity contribution >= 4 is 5.95 Å². The Hall–Kier alpha value is -1.12. The van der Waals surface area contributed by atoms with Crippen LogP contribution in [0.4, 0.5) is 5.95 Å². The lowest BCUT2D eigenvalue weighted by molar-refractivity contribution is 0.695. The Bertz CT molecular complexity index is 279. The lowest BCUT2D eigenvalue weighted by Gasteiger charge is -2.08. The van der Waals surface area contributed by atoms with Gasteiger partial charge in [-0.05, 0) is 18.9 Å². The third kappa shape index (κ3) is 1.79. The molecule has 0 spiro atoms. The van der Waals surface area contributed by atoms with Gasteiger partial charge in [0, 0.05) is 24.9 Å². The van der Waals surface area contributed by atoms with E-state index in [1.54, 1.807) is 0 Å². The van der Waals surface area contributed by atoms with Gasteiger partial charge in [-0.3, -0.25) is 0 Å². The zero-order valence-corrected chi connectivity index (χ0v) is 7.95. The van der Waals surface area contributed by atoms with Crippen LogP contribution in [0.1, 0.15) is 37.3 Å². The lowest BCUT2D eigenvalue weighted by Crippen LogP contribution is -2.01. The Balaban J connectivity index is 2.18. The van der Waals surface area contributed by atoms with Crippen LogP contribution in [0, 0.1) is 0 Å². The first kappa shape index (κ1) is 8.48. The summed E-state index contributed by atoms with van der Waals surface area (Å²) in [6, 6.07) is 2.04. The molecule has 1 saturated carbocycles. The zero-order chi connectivity index (χ0) is 9.10. The van der Waals surface area contributed by atoms with Crippen molar-refractivity contribution in [3.8, 4) is 0 Å². The highest BCUT2D eigenvalue weighted by atomic mass is 15.1. The van der Waals surface area contributed by atoms with Crippen molar-refractivity contribution in [2.75, 3.05) is 12.4 Å².